The standard InChI is InChI=1S/C10H20O2/c1-8-7-10(12-9(8)2)5-3-4-6-11/h8-11H,3-7H2,1-2H3. The zero-order chi connectivity index (χ0) is 8.97. The maximum absolute atomic E-state index is 8.60. The number of hydrogen-bond donors (Lipinski definition) is 1. The summed E-state index contributed by atoms with van der Waals surface area (Å²) in [6, 6.07) is 0. The first-order chi connectivity index (χ1) is 5.74. The topological polar surface area (TPSA) is 29.5 Å². The lowest BCUT2D eigenvalue weighted by atomic mass is 10.0. The molecule has 0 aromatic heterocycles. The molecule has 2 heteroatoms. The van der Waals surface area contributed by atoms with E-state index < -0.39 is 0 Å². The molecule has 0 amide bonds. The second-order valence-electron chi connectivity index (χ2n) is 3.90. The Morgan fingerprint density at radius 1 is 1.33 bits per heavy atom. The van der Waals surface area contributed by atoms with Gasteiger partial charge in [-0.3, -0.25) is 0 Å². The van der Waals surface area contributed by atoms with Gasteiger partial charge < -0.3 is 9.84 Å². The van der Waals surface area contributed by atoms with E-state index in [0.29, 0.717) is 24.7 Å². The van der Waals surface area contributed by atoms with Crippen LogP contribution in [0.2, 0.25) is 0 Å². The smallest absolute Gasteiger partial charge is 0.0582 e. The third-order valence-corrected chi connectivity index (χ3v) is 2.78. The molecular weight excluding hydrogens is 152 g/mol. The van der Waals surface area contributed by atoms with E-state index in [1.165, 1.54) is 6.42 Å². The molecule has 0 aliphatic carbocycles. The van der Waals surface area contributed by atoms with Gasteiger partial charge in [0, 0.05) is 6.61 Å². The van der Waals surface area contributed by atoms with Crippen LogP contribution in [0.1, 0.15) is 39.5 Å². The number of rotatable bonds is 4. The molecule has 72 valence electrons. The van der Waals surface area contributed by atoms with Crippen LogP contribution in [0.15, 0.2) is 0 Å². The minimum absolute atomic E-state index is 0.317. The van der Waals surface area contributed by atoms with Gasteiger partial charge in [0.05, 0.1) is 12.2 Å². The molecule has 1 aliphatic rings. The average molecular weight is 172 g/mol. The Morgan fingerprint density at radius 3 is 2.58 bits per heavy atom. The van der Waals surface area contributed by atoms with Gasteiger partial charge >= 0.3 is 0 Å². The third kappa shape index (κ3) is 2.76. The highest BCUT2D eigenvalue weighted by molar-refractivity contribution is 4.76. The van der Waals surface area contributed by atoms with Gasteiger partial charge in [-0.2, -0.15) is 0 Å². The lowest BCUT2D eigenvalue weighted by Gasteiger charge is -2.09. The van der Waals surface area contributed by atoms with Gasteiger partial charge in [0.25, 0.3) is 0 Å². The number of hydrogen-bond acceptors (Lipinski definition) is 2. The Kier molecular flexibility index (Phi) is 4.02. The van der Waals surface area contributed by atoms with E-state index in [-0.39, 0.29) is 0 Å². The average Bonchev–Trinajstić information content (AvgIpc) is 2.32. The number of unbranched alkanes of at least 4 members (excludes halogenated alkanes) is 1. The van der Waals surface area contributed by atoms with Crippen molar-refractivity contribution >= 4 is 0 Å². The predicted octanol–water partition coefficient (Wildman–Crippen LogP) is 1.96. The maximum atomic E-state index is 8.60. The van der Waals surface area contributed by atoms with Crippen LogP contribution in [0.25, 0.3) is 0 Å². The highest BCUT2D eigenvalue weighted by Crippen LogP contribution is 2.28. The van der Waals surface area contributed by atoms with Crippen LogP contribution in [-0.4, -0.2) is 23.9 Å². The van der Waals surface area contributed by atoms with Crippen molar-refractivity contribution in [3.05, 3.63) is 0 Å². The van der Waals surface area contributed by atoms with Crippen LogP contribution in [0.3, 0.4) is 0 Å². The largest absolute Gasteiger partial charge is 0.396 e. The highest BCUT2D eigenvalue weighted by Gasteiger charge is 2.27. The Hall–Kier alpha value is -0.0800. The van der Waals surface area contributed by atoms with Gasteiger partial charge in [-0.05, 0) is 38.5 Å². The van der Waals surface area contributed by atoms with E-state index in [1.807, 2.05) is 0 Å². The van der Waals surface area contributed by atoms with Crippen molar-refractivity contribution < 1.29 is 9.84 Å². The lowest BCUT2D eigenvalue weighted by molar-refractivity contribution is 0.0413. The SMILES string of the molecule is CC1CC(CCCCO)OC1C. The molecule has 1 rings (SSSR count). The zero-order valence-corrected chi connectivity index (χ0v) is 8.12. The second kappa shape index (κ2) is 4.83. The molecule has 2 nitrogen and oxygen atoms in total. The summed E-state index contributed by atoms with van der Waals surface area (Å²) in [5.74, 6) is 0.712. The Balaban J connectivity index is 2.10. The summed E-state index contributed by atoms with van der Waals surface area (Å²) in [5, 5.41) is 8.60. The Morgan fingerprint density at radius 2 is 2.08 bits per heavy atom. The van der Waals surface area contributed by atoms with E-state index in [2.05, 4.69) is 13.8 Å². The second-order valence-corrected chi connectivity index (χ2v) is 3.90. The van der Waals surface area contributed by atoms with Crippen molar-refractivity contribution in [2.24, 2.45) is 5.92 Å². The van der Waals surface area contributed by atoms with Gasteiger partial charge in [-0.25, -0.2) is 0 Å². The van der Waals surface area contributed by atoms with E-state index in [4.69, 9.17) is 9.84 Å². The summed E-state index contributed by atoms with van der Waals surface area (Å²) in [4.78, 5) is 0. The Bertz CT molecular complexity index is 115. The molecule has 1 aliphatic heterocycles. The van der Waals surface area contributed by atoms with E-state index >= 15 is 0 Å². The monoisotopic (exact) mass is 172 g/mol. The normalized spacial score (nSPS) is 35.8. The van der Waals surface area contributed by atoms with E-state index in [0.717, 1.165) is 19.3 Å². The molecule has 3 atom stereocenters. The summed E-state index contributed by atoms with van der Waals surface area (Å²) in [7, 11) is 0. The van der Waals surface area contributed by atoms with Gasteiger partial charge in [-0.1, -0.05) is 6.92 Å². The molecule has 0 radical (unpaired) electrons. The van der Waals surface area contributed by atoms with Crippen molar-refractivity contribution in [3.8, 4) is 0 Å². The molecule has 0 spiro atoms. The summed E-state index contributed by atoms with van der Waals surface area (Å²) in [5.41, 5.74) is 0. The maximum Gasteiger partial charge on any atom is 0.0582 e. The summed E-state index contributed by atoms with van der Waals surface area (Å²) < 4.78 is 5.74. The molecule has 1 fully saturated rings. The fourth-order valence-electron chi connectivity index (χ4n) is 1.77. The van der Waals surface area contributed by atoms with Crippen molar-refractivity contribution in [2.45, 2.75) is 51.7 Å². The third-order valence-electron chi connectivity index (χ3n) is 2.78. The molecule has 0 aromatic carbocycles. The first-order valence-corrected chi connectivity index (χ1v) is 5.00. The van der Waals surface area contributed by atoms with Gasteiger partial charge in [-0.15, -0.1) is 0 Å². The van der Waals surface area contributed by atoms with Crippen molar-refractivity contribution in [2.75, 3.05) is 6.61 Å². The number of aliphatic hydroxyl groups is 1. The van der Waals surface area contributed by atoms with Gasteiger partial charge in [0.1, 0.15) is 0 Å². The fraction of sp³-hybridized carbons (Fsp3) is 1.00. The highest BCUT2D eigenvalue weighted by atomic mass is 16.5. The van der Waals surface area contributed by atoms with Crippen LogP contribution >= 0.6 is 0 Å². The molecule has 3 unspecified atom stereocenters. The van der Waals surface area contributed by atoms with Gasteiger partial charge in [0.2, 0.25) is 0 Å². The fourth-order valence-corrected chi connectivity index (χ4v) is 1.77. The van der Waals surface area contributed by atoms with Crippen LogP contribution in [0.5, 0.6) is 0 Å². The van der Waals surface area contributed by atoms with Crippen LogP contribution < -0.4 is 0 Å². The molecule has 0 saturated carbocycles. The van der Waals surface area contributed by atoms with E-state index in [1.54, 1.807) is 0 Å². The first kappa shape index (κ1) is 10.0. The minimum Gasteiger partial charge on any atom is -0.396 e. The molecule has 0 bridgehead atoms. The van der Waals surface area contributed by atoms with Gasteiger partial charge in [0.15, 0.2) is 0 Å². The Labute approximate surface area is 74.9 Å². The number of ether oxygens (including phenoxy) is 1. The van der Waals surface area contributed by atoms with Crippen LogP contribution in [0.4, 0.5) is 0 Å². The summed E-state index contributed by atoms with van der Waals surface area (Å²) >= 11 is 0. The molecular formula is C10H20O2. The first-order valence-electron chi connectivity index (χ1n) is 5.00. The molecule has 12 heavy (non-hydrogen) atoms. The predicted molar refractivity (Wildman–Crippen MR) is 49.1 cm³/mol. The molecule has 0 aromatic rings. The van der Waals surface area contributed by atoms with Crippen molar-refractivity contribution in [1.82, 2.24) is 0 Å². The summed E-state index contributed by atoms with van der Waals surface area (Å²) in [6.07, 6.45) is 5.23. The van der Waals surface area contributed by atoms with E-state index in [9.17, 15) is 0 Å². The number of aliphatic hydroxyl groups excluding tert-OH is 1. The van der Waals surface area contributed by atoms with Crippen LogP contribution in [-0.2, 0) is 4.74 Å². The summed E-state index contributed by atoms with van der Waals surface area (Å²) in [6.45, 7) is 4.71. The zero-order valence-electron chi connectivity index (χ0n) is 8.12. The van der Waals surface area contributed by atoms with Crippen molar-refractivity contribution in [1.29, 1.82) is 0 Å². The minimum atomic E-state index is 0.317. The van der Waals surface area contributed by atoms with Crippen LogP contribution in [0, 0.1) is 5.92 Å². The van der Waals surface area contributed by atoms with Crippen molar-refractivity contribution in [3.63, 3.8) is 0 Å². The molecule has 1 heterocycles. The molecule has 1 saturated heterocycles. The quantitative estimate of drug-likeness (QED) is 0.657. The lowest BCUT2D eigenvalue weighted by Crippen LogP contribution is -2.09. The molecule has 1 N–H and O–H groups in total.